The maximum Gasteiger partial charge on any atom is 0.276 e. The summed E-state index contributed by atoms with van der Waals surface area (Å²) in [4.78, 5) is 14.5. The molecule has 0 saturated carbocycles. The molecule has 1 aromatic carbocycles. The van der Waals surface area contributed by atoms with Crippen molar-refractivity contribution >= 4 is 15.9 Å². The van der Waals surface area contributed by atoms with Crippen LogP contribution in [-0.2, 0) is 16.6 Å². The first-order valence-electron chi connectivity index (χ1n) is 10.8. The van der Waals surface area contributed by atoms with Crippen molar-refractivity contribution in [1.29, 1.82) is 0 Å². The lowest BCUT2D eigenvalue weighted by atomic mass is 10.0. The van der Waals surface area contributed by atoms with E-state index >= 15 is 0 Å². The number of aryl methyl sites for hydroxylation is 1. The number of methoxy groups -OCH3 is 1. The van der Waals surface area contributed by atoms with Crippen molar-refractivity contribution in [3.63, 3.8) is 0 Å². The molecule has 2 aliphatic heterocycles. The van der Waals surface area contributed by atoms with E-state index in [1.165, 1.54) is 7.11 Å². The Balaban J connectivity index is 1.44. The van der Waals surface area contributed by atoms with E-state index in [0.29, 0.717) is 31.0 Å². The molecule has 2 fully saturated rings. The predicted molar refractivity (Wildman–Crippen MR) is 114 cm³/mol. The van der Waals surface area contributed by atoms with Crippen molar-refractivity contribution < 1.29 is 17.9 Å². The van der Waals surface area contributed by atoms with Crippen LogP contribution < -0.4 is 4.74 Å². The van der Waals surface area contributed by atoms with Crippen LogP contribution in [0.1, 0.15) is 49.0 Å². The van der Waals surface area contributed by atoms with Gasteiger partial charge in [-0.05, 0) is 44.2 Å². The number of aromatic nitrogens is 3. The molecule has 2 saturated heterocycles. The largest absolute Gasteiger partial charge is 0.497 e. The molecule has 0 bridgehead atoms. The number of hydrogen-bond acceptors (Lipinski definition) is 6. The van der Waals surface area contributed by atoms with Gasteiger partial charge in [0, 0.05) is 38.3 Å². The van der Waals surface area contributed by atoms with Crippen LogP contribution in [0.3, 0.4) is 0 Å². The molecule has 168 valence electrons. The highest BCUT2D eigenvalue weighted by molar-refractivity contribution is 7.89. The smallest absolute Gasteiger partial charge is 0.276 e. The lowest BCUT2D eigenvalue weighted by Gasteiger charge is -2.34. The molecular formula is C21H29N5O4S. The molecule has 3 heterocycles. The van der Waals surface area contributed by atoms with E-state index < -0.39 is 10.0 Å². The maximum absolute atomic E-state index is 13.3. The molecule has 0 radical (unpaired) electrons. The van der Waals surface area contributed by atoms with Crippen LogP contribution >= 0.6 is 0 Å². The molecular weight excluding hydrogens is 418 g/mol. The molecule has 0 spiro atoms. The number of nitrogens with zero attached hydrogens (tertiary/aromatic N) is 5. The second kappa shape index (κ2) is 9.35. The molecule has 10 heteroatoms. The lowest BCUT2D eigenvalue weighted by molar-refractivity contribution is 0.0787. The van der Waals surface area contributed by atoms with E-state index in [0.717, 1.165) is 45.2 Å². The number of carbonyl (C=O) groups is 1. The zero-order valence-electron chi connectivity index (χ0n) is 17.8. The van der Waals surface area contributed by atoms with Gasteiger partial charge in [-0.2, -0.15) is 4.31 Å². The SMILES string of the molecule is COc1cccc(S(=O)(=O)N2CCCCC2CCn2cc(C(=O)N3CCCC3)nn2)c1. The quantitative estimate of drug-likeness (QED) is 0.645. The van der Waals surface area contributed by atoms with Gasteiger partial charge in [0.05, 0.1) is 18.2 Å². The highest BCUT2D eigenvalue weighted by atomic mass is 32.2. The number of piperidine rings is 1. The van der Waals surface area contributed by atoms with Gasteiger partial charge in [0.25, 0.3) is 5.91 Å². The summed E-state index contributed by atoms with van der Waals surface area (Å²) in [6.07, 6.45) is 6.98. The van der Waals surface area contributed by atoms with E-state index in [-0.39, 0.29) is 16.8 Å². The number of amides is 1. The Labute approximate surface area is 183 Å². The van der Waals surface area contributed by atoms with Gasteiger partial charge < -0.3 is 9.64 Å². The Kier molecular flexibility index (Phi) is 6.57. The summed E-state index contributed by atoms with van der Waals surface area (Å²) in [5.74, 6) is 0.441. The summed E-state index contributed by atoms with van der Waals surface area (Å²) in [6.45, 7) is 2.55. The minimum Gasteiger partial charge on any atom is -0.497 e. The molecule has 2 aliphatic rings. The number of sulfonamides is 1. The number of benzene rings is 1. The summed E-state index contributed by atoms with van der Waals surface area (Å²) in [6, 6.07) is 6.48. The van der Waals surface area contributed by atoms with Crippen LogP contribution in [0.25, 0.3) is 0 Å². The van der Waals surface area contributed by atoms with Gasteiger partial charge in [0.2, 0.25) is 10.0 Å². The van der Waals surface area contributed by atoms with E-state index in [1.54, 1.807) is 44.3 Å². The van der Waals surface area contributed by atoms with Crippen molar-refractivity contribution in [3.8, 4) is 5.75 Å². The average molecular weight is 448 g/mol. The topological polar surface area (TPSA) is 97.6 Å². The fraction of sp³-hybridized carbons (Fsp3) is 0.571. The van der Waals surface area contributed by atoms with E-state index in [1.807, 2.05) is 0 Å². The molecule has 1 aromatic heterocycles. The third-order valence-corrected chi connectivity index (χ3v) is 8.01. The average Bonchev–Trinajstić information content (AvgIpc) is 3.50. The van der Waals surface area contributed by atoms with Crippen LogP contribution in [0.2, 0.25) is 0 Å². The number of hydrogen-bond donors (Lipinski definition) is 0. The van der Waals surface area contributed by atoms with E-state index in [9.17, 15) is 13.2 Å². The molecule has 0 aliphatic carbocycles. The second-order valence-corrected chi connectivity index (χ2v) is 9.99. The number of likely N-dealkylation sites (tertiary alicyclic amines) is 1. The van der Waals surface area contributed by atoms with Crippen LogP contribution in [0.15, 0.2) is 35.4 Å². The summed E-state index contributed by atoms with van der Waals surface area (Å²) < 4.78 is 35.1. The number of carbonyl (C=O) groups excluding carboxylic acids is 1. The Bertz CT molecular complexity index is 1020. The minimum absolute atomic E-state index is 0.0800. The standard InChI is InChI=1S/C21H29N5O4S/c1-30-18-8-6-9-19(15-18)31(28,29)26-13-3-2-7-17(26)10-14-25-16-20(22-23-25)21(27)24-11-4-5-12-24/h6,8-9,15-17H,2-5,7,10-14H2,1H3. The first kappa shape index (κ1) is 21.8. The van der Waals surface area contributed by atoms with Crippen LogP contribution in [-0.4, -0.2) is 71.3 Å². The van der Waals surface area contributed by atoms with Gasteiger partial charge in [-0.3, -0.25) is 9.48 Å². The van der Waals surface area contributed by atoms with E-state index in [2.05, 4.69) is 10.3 Å². The zero-order chi connectivity index (χ0) is 21.8. The van der Waals surface area contributed by atoms with Crippen molar-refractivity contribution in [2.24, 2.45) is 0 Å². The highest BCUT2D eigenvalue weighted by Crippen LogP contribution is 2.29. The molecule has 2 aromatic rings. The Morgan fingerprint density at radius 1 is 1.16 bits per heavy atom. The zero-order valence-corrected chi connectivity index (χ0v) is 18.6. The number of rotatable bonds is 7. The third-order valence-electron chi connectivity index (χ3n) is 6.06. The monoisotopic (exact) mass is 447 g/mol. The van der Waals surface area contributed by atoms with Gasteiger partial charge in [0.1, 0.15) is 5.75 Å². The maximum atomic E-state index is 13.3. The predicted octanol–water partition coefficient (Wildman–Crippen LogP) is 2.16. The van der Waals surface area contributed by atoms with Gasteiger partial charge in [-0.15, -0.1) is 5.10 Å². The van der Waals surface area contributed by atoms with Crippen LogP contribution in [0.5, 0.6) is 5.75 Å². The summed E-state index contributed by atoms with van der Waals surface area (Å²) in [5.41, 5.74) is 0.353. The fourth-order valence-corrected chi connectivity index (χ4v) is 6.10. The van der Waals surface area contributed by atoms with Gasteiger partial charge >= 0.3 is 0 Å². The normalized spacial score (nSPS) is 20.2. The van der Waals surface area contributed by atoms with Crippen LogP contribution in [0.4, 0.5) is 0 Å². The van der Waals surface area contributed by atoms with Crippen molar-refractivity contribution in [1.82, 2.24) is 24.2 Å². The Hall–Kier alpha value is -2.46. The Morgan fingerprint density at radius 2 is 1.94 bits per heavy atom. The molecule has 1 unspecified atom stereocenters. The van der Waals surface area contributed by atoms with Crippen molar-refractivity contribution in [3.05, 3.63) is 36.2 Å². The summed E-state index contributed by atoms with van der Waals surface area (Å²) >= 11 is 0. The third kappa shape index (κ3) is 4.74. The molecule has 31 heavy (non-hydrogen) atoms. The first-order valence-corrected chi connectivity index (χ1v) is 12.3. The molecule has 1 atom stereocenters. The fourth-order valence-electron chi connectivity index (χ4n) is 4.35. The highest BCUT2D eigenvalue weighted by Gasteiger charge is 2.33. The molecule has 4 rings (SSSR count). The van der Waals surface area contributed by atoms with Crippen LogP contribution in [0, 0.1) is 0 Å². The minimum atomic E-state index is -3.62. The van der Waals surface area contributed by atoms with E-state index in [4.69, 9.17) is 4.74 Å². The van der Waals surface area contributed by atoms with Gasteiger partial charge in [-0.25, -0.2) is 8.42 Å². The summed E-state index contributed by atoms with van der Waals surface area (Å²) in [7, 11) is -2.10. The number of ether oxygens (including phenoxy) is 1. The van der Waals surface area contributed by atoms with Crippen molar-refractivity contribution in [2.45, 2.75) is 56.0 Å². The Morgan fingerprint density at radius 3 is 2.71 bits per heavy atom. The lowest BCUT2D eigenvalue weighted by Crippen LogP contribution is -2.44. The van der Waals surface area contributed by atoms with Gasteiger partial charge in [-0.1, -0.05) is 17.7 Å². The molecule has 9 nitrogen and oxygen atoms in total. The second-order valence-electron chi connectivity index (χ2n) is 8.10. The molecule has 0 N–H and O–H groups in total. The first-order chi connectivity index (χ1) is 15.0. The van der Waals surface area contributed by atoms with Gasteiger partial charge in [0.15, 0.2) is 5.69 Å². The van der Waals surface area contributed by atoms with Crippen molar-refractivity contribution in [2.75, 3.05) is 26.7 Å². The molecule has 1 amide bonds. The summed E-state index contributed by atoms with van der Waals surface area (Å²) in [5, 5.41) is 8.13.